The molecule has 4 nitrogen and oxygen atoms in total. The van der Waals surface area contributed by atoms with Crippen molar-refractivity contribution in [3.63, 3.8) is 0 Å². The summed E-state index contributed by atoms with van der Waals surface area (Å²) in [6, 6.07) is 4.59. The molecule has 0 fully saturated rings. The third-order valence-electron chi connectivity index (χ3n) is 2.34. The number of rotatable bonds is 6. The van der Waals surface area contributed by atoms with Crippen molar-refractivity contribution in [2.24, 2.45) is 0 Å². The molecule has 0 aliphatic rings. The lowest BCUT2D eigenvalue weighted by atomic mass is 10.1. The number of hydrogen-bond acceptors (Lipinski definition) is 2. The van der Waals surface area contributed by atoms with Crippen LogP contribution in [0.5, 0.6) is 0 Å². The molecule has 1 aromatic carbocycles. The van der Waals surface area contributed by atoms with Crippen LogP contribution in [0.4, 0.5) is 13.2 Å². The second kappa shape index (κ2) is 6.77. The summed E-state index contributed by atoms with van der Waals surface area (Å²) >= 11 is 0. The molecule has 0 aliphatic carbocycles. The van der Waals surface area contributed by atoms with Gasteiger partial charge in [0.25, 0.3) is 5.91 Å². The first-order valence-electron chi connectivity index (χ1n) is 5.58. The van der Waals surface area contributed by atoms with Crippen molar-refractivity contribution in [2.45, 2.75) is 12.6 Å². The van der Waals surface area contributed by atoms with Gasteiger partial charge in [-0.1, -0.05) is 12.1 Å². The molecule has 19 heavy (non-hydrogen) atoms. The third-order valence-corrected chi connectivity index (χ3v) is 2.34. The zero-order valence-corrected chi connectivity index (χ0v) is 9.96. The summed E-state index contributed by atoms with van der Waals surface area (Å²) in [5.74, 6) is -0.779. The smallest absolute Gasteiger partial charge is 0.359 e. The molecule has 1 rings (SSSR count). The highest BCUT2D eigenvalue weighted by Crippen LogP contribution is 2.31. The first-order valence-corrected chi connectivity index (χ1v) is 5.58. The lowest BCUT2D eigenvalue weighted by Gasteiger charge is -2.12. The molecule has 0 aromatic heterocycles. The third kappa shape index (κ3) is 4.61. The second-order valence-electron chi connectivity index (χ2n) is 3.72. The molecule has 0 atom stereocenters. The number of carbonyl (C=O) groups is 2. The van der Waals surface area contributed by atoms with Crippen LogP contribution in [0.2, 0.25) is 0 Å². The Labute approximate surface area is 108 Å². The van der Waals surface area contributed by atoms with Gasteiger partial charge < -0.3 is 10.6 Å². The van der Waals surface area contributed by atoms with Gasteiger partial charge in [-0.05, 0) is 18.6 Å². The highest BCUT2D eigenvalue weighted by atomic mass is 19.4. The number of nitrogens with one attached hydrogen (secondary N) is 2. The number of hydrogen-bond donors (Lipinski definition) is 2. The van der Waals surface area contributed by atoms with Crippen LogP contribution in [-0.2, 0) is 11.0 Å². The van der Waals surface area contributed by atoms with E-state index in [4.69, 9.17) is 0 Å². The van der Waals surface area contributed by atoms with Gasteiger partial charge in [0.05, 0.1) is 11.1 Å². The van der Waals surface area contributed by atoms with Gasteiger partial charge >= 0.3 is 6.18 Å². The van der Waals surface area contributed by atoms with E-state index in [0.29, 0.717) is 19.4 Å². The molecular formula is C12H13F3N2O2. The van der Waals surface area contributed by atoms with E-state index in [9.17, 15) is 22.8 Å². The van der Waals surface area contributed by atoms with Crippen LogP contribution in [0.1, 0.15) is 22.3 Å². The average Bonchev–Trinajstić information content (AvgIpc) is 2.37. The normalized spacial score (nSPS) is 10.9. The maximum absolute atomic E-state index is 12.7. The molecule has 1 aromatic rings. The Bertz CT molecular complexity index is 447. The number of alkyl halides is 3. The molecule has 7 heteroatoms. The van der Waals surface area contributed by atoms with E-state index in [-0.39, 0.29) is 6.54 Å². The van der Waals surface area contributed by atoms with E-state index < -0.39 is 23.2 Å². The molecule has 0 unspecified atom stereocenters. The molecule has 104 valence electrons. The van der Waals surface area contributed by atoms with Crippen molar-refractivity contribution >= 4 is 12.3 Å². The Balaban J connectivity index is 2.64. The summed E-state index contributed by atoms with van der Waals surface area (Å²) < 4.78 is 38.0. The van der Waals surface area contributed by atoms with Crippen LogP contribution in [0.15, 0.2) is 24.3 Å². The fourth-order valence-electron chi connectivity index (χ4n) is 1.47. The summed E-state index contributed by atoms with van der Waals surface area (Å²) in [7, 11) is 0. The Hall–Kier alpha value is -2.05. The van der Waals surface area contributed by atoms with E-state index in [2.05, 4.69) is 10.6 Å². The Morgan fingerprint density at radius 2 is 1.89 bits per heavy atom. The quantitative estimate of drug-likeness (QED) is 0.611. The minimum Gasteiger partial charge on any atom is -0.359 e. The van der Waals surface area contributed by atoms with Crippen molar-refractivity contribution in [3.05, 3.63) is 35.4 Å². The van der Waals surface area contributed by atoms with Gasteiger partial charge in [-0.3, -0.25) is 9.59 Å². The molecular weight excluding hydrogens is 261 g/mol. The van der Waals surface area contributed by atoms with Crippen molar-refractivity contribution in [1.29, 1.82) is 0 Å². The summed E-state index contributed by atoms with van der Waals surface area (Å²) in [5.41, 5.74) is -1.36. The number of halogens is 3. The topological polar surface area (TPSA) is 58.2 Å². The molecule has 0 aliphatic heterocycles. The zero-order chi connectivity index (χ0) is 14.3. The maximum Gasteiger partial charge on any atom is 0.417 e. The highest BCUT2D eigenvalue weighted by Gasteiger charge is 2.34. The van der Waals surface area contributed by atoms with E-state index in [1.165, 1.54) is 12.1 Å². The van der Waals surface area contributed by atoms with E-state index >= 15 is 0 Å². The van der Waals surface area contributed by atoms with Crippen LogP contribution in [-0.4, -0.2) is 25.4 Å². The van der Waals surface area contributed by atoms with Crippen LogP contribution in [0.25, 0.3) is 0 Å². The van der Waals surface area contributed by atoms with Crippen LogP contribution < -0.4 is 10.6 Å². The SMILES string of the molecule is O=CNCCCNC(=O)c1ccccc1C(F)(F)F. The average molecular weight is 274 g/mol. The fraction of sp³-hybridized carbons (Fsp3) is 0.333. The zero-order valence-electron chi connectivity index (χ0n) is 9.96. The standard InChI is InChI=1S/C12H13F3N2O2/c13-12(14,15)10-5-2-1-4-9(10)11(19)17-7-3-6-16-8-18/h1-2,4-5,8H,3,6-7H2,(H,16,18)(H,17,19). The van der Waals surface area contributed by atoms with Gasteiger partial charge in [-0.2, -0.15) is 13.2 Å². The van der Waals surface area contributed by atoms with Crippen LogP contribution in [0, 0.1) is 0 Å². The fourth-order valence-corrected chi connectivity index (χ4v) is 1.47. The van der Waals surface area contributed by atoms with Crippen molar-refractivity contribution < 1.29 is 22.8 Å². The molecule has 0 bridgehead atoms. The summed E-state index contributed by atoms with van der Waals surface area (Å²) in [6.45, 7) is 0.538. The Kier molecular flexibility index (Phi) is 5.35. The van der Waals surface area contributed by atoms with Gasteiger partial charge in [0.1, 0.15) is 0 Å². The number of benzene rings is 1. The van der Waals surface area contributed by atoms with Gasteiger partial charge in [-0.15, -0.1) is 0 Å². The van der Waals surface area contributed by atoms with Gasteiger partial charge in [0.2, 0.25) is 6.41 Å². The minimum absolute atomic E-state index is 0.186. The van der Waals surface area contributed by atoms with Crippen LogP contribution >= 0.6 is 0 Å². The largest absolute Gasteiger partial charge is 0.417 e. The summed E-state index contributed by atoms with van der Waals surface area (Å²) in [6.07, 6.45) is -3.60. The molecule has 2 N–H and O–H groups in total. The molecule has 0 heterocycles. The minimum atomic E-state index is -4.56. The molecule has 0 saturated heterocycles. The van der Waals surface area contributed by atoms with E-state index in [1.807, 2.05) is 0 Å². The first-order chi connectivity index (χ1) is 8.96. The summed E-state index contributed by atoms with van der Waals surface area (Å²) in [4.78, 5) is 21.6. The van der Waals surface area contributed by atoms with Crippen molar-refractivity contribution in [2.75, 3.05) is 13.1 Å². The Morgan fingerprint density at radius 1 is 1.21 bits per heavy atom. The maximum atomic E-state index is 12.7. The summed E-state index contributed by atoms with van der Waals surface area (Å²) in [5, 5.41) is 4.76. The van der Waals surface area contributed by atoms with E-state index in [1.54, 1.807) is 0 Å². The molecule has 0 spiro atoms. The van der Waals surface area contributed by atoms with Gasteiger partial charge in [-0.25, -0.2) is 0 Å². The lowest BCUT2D eigenvalue weighted by molar-refractivity contribution is -0.138. The Morgan fingerprint density at radius 3 is 2.53 bits per heavy atom. The molecule has 0 saturated carbocycles. The lowest BCUT2D eigenvalue weighted by Crippen LogP contribution is -2.29. The first kappa shape index (κ1) is 15.0. The molecule has 2 amide bonds. The molecule has 0 radical (unpaired) electrons. The second-order valence-corrected chi connectivity index (χ2v) is 3.72. The highest BCUT2D eigenvalue weighted by molar-refractivity contribution is 5.95. The number of amides is 2. The van der Waals surface area contributed by atoms with Crippen LogP contribution in [0.3, 0.4) is 0 Å². The monoisotopic (exact) mass is 274 g/mol. The van der Waals surface area contributed by atoms with Gasteiger partial charge in [0, 0.05) is 13.1 Å². The van der Waals surface area contributed by atoms with E-state index in [0.717, 1.165) is 12.1 Å². The van der Waals surface area contributed by atoms with Crippen molar-refractivity contribution in [1.82, 2.24) is 10.6 Å². The van der Waals surface area contributed by atoms with Gasteiger partial charge in [0.15, 0.2) is 0 Å². The predicted molar refractivity (Wildman–Crippen MR) is 62.5 cm³/mol. The number of carbonyl (C=O) groups excluding carboxylic acids is 2. The van der Waals surface area contributed by atoms with Crippen molar-refractivity contribution in [3.8, 4) is 0 Å². The predicted octanol–water partition coefficient (Wildman–Crippen LogP) is 1.57.